The predicted octanol–water partition coefficient (Wildman–Crippen LogP) is 4.89. The summed E-state index contributed by atoms with van der Waals surface area (Å²) in [5.74, 6) is -0.923. The highest BCUT2D eigenvalue weighted by Crippen LogP contribution is 2.35. The Morgan fingerprint density at radius 3 is 2.39 bits per heavy atom. The lowest BCUT2D eigenvalue weighted by Crippen LogP contribution is -2.56. The Morgan fingerprint density at radius 2 is 1.78 bits per heavy atom. The summed E-state index contributed by atoms with van der Waals surface area (Å²) >= 11 is 0. The fraction of sp³-hybridized carbons (Fsp3) is 0.419. The van der Waals surface area contributed by atoms with Crippen LogP contribution in [0.5, 0.6) is 11.5 Å². The van der Waals surface area contributed by atoms with Gasteiger partial charge in [0.15, 0.2) is 6.04 Å². The van der Waals surface area contributed by atoms with Crippen LogP contribution in [0.25, 0.3) is 22.2 Å². The number of aliphatic carboxylic acids is 1. The molecule has 3 atom stereocenters. The van der Waals surface area contributed by atoms with Gasteiger partial charge in [0.25, 0.3) is 0 Å². The molecule has 1 aliphatic heterocycles. The van der Waals surface area contributed by atoms with Crippen LogP contribution in [0.3, 0.4) is 0 Å². The number of rotatable bonds is 8. The van der Waals surface area contributed by atoms with E-state index >= 15 is 0 Å². The molecule has 2 aromatic carbocycles. The van der Waals surface area contributed by atoms with Crippen molar-refractivity contribution in [3.8, 4) is 22.8 Å². The van der Waals surface area contributed by atoms with Crippen LogP contribution in [0, 0.1) is 5.92 Å². The standard InChI is InChI=1S/C31H37N3O7/c1-18(2)26(33-30(38)41-31(3,4)5)28(35)34-15-14-24(27(34)29(36)37)40-25-17-22(19-10-8-7-9-11-19)32-23-16-20(39-6)12-13-21(23)25/h7-13,16-18,24,26-27H,14-15H2,1-6H3,(H,33,38)(H,36,37)/t24-,26-,27-/m0/s1. The van der Waals surface area contributed by atoms with E-state index in [0.29, 0.717) is 34.5 Å². The van der Waals surface area contributed by atoms with Gasteiger partial charge in [-0.25, -0.2) is 14.6 Å². The highest BCUT2D eigenvalue weighted by atomic mass is 16.6. The summed E-state index contributed by atoms with van der Waals surface area (Å²) in [6.45, 7) is 8.89. The molecule has 1 aliphatic rings. The number of carbonyl (C=O) groups is 3. The van der Waals surface area contributed by atoms with Gasteiger partial charge in [0, 0.05) is 36.0 Å². The number of hydrogen-bond acceptors (Lipinski definition) is 7. The normalized spacial score (nSPS) is 17.8. The molecule has 0 spiro atoms. The molecule has 0 bridgehead atoms. The predicted molar refractivity (Wildman–Crippen MR) is 154 cm³/mol. The van der Waals surface area contributed by atoms with Gasteiger partial charge in [-0.05, 0) is 38.8 Å². The van der Waals surface area contributed by atoms with E-state index in [4.69, 9.17) is 19.2 Å². The number of carbonyl (C=O) groups excluding carboxylic acids is 2. The number of ether oxygens (including phenoxy) is 3. The number of likely N-dealkylation sites (tertiary alicyclic amines) is 1. The molecule has 10 heteroatoms. The van der Waals surface area contributed by atoms with Gasteiger partial charge in [0.2, 0.25) is 5.91 Å². The topological polar surface area (TPSA) is 127 Å². The average molecular weight is 564 g/mol. The summed E-state index contributed by atoms with van der Waals surface area (Å²) in [7, 11) is 1.57. The van der Waals surface area contributed by atoms with Crippen molar-refractivity contribution in [1.82, 2.24) is 15.2 Å². The van der Waals surface area contributed by atoms with Gasteiger partial charge in [-0.3, -0.25) is 4.79 Å². The van der Waals surface area contributed by atoms with Crippen molar-refractivity contribution in [2.45, 2.75) is 64.8 Å². The molecule has 0 aliphatic carbocycles. The Hall–Kier alpha value is -4.34. The maximum absolute atomic E-state index is 13.6. The number of aromatic nitrogens is 1. The first-order valence-corrected chi connectivity index (χ1v) is 13.6. The van der Waals surface area contributed by atoms with Crippen molar-refractivity contribution in [3.63, 3.8) is 0 Å². The fourth-order valence-electron chi connectivity index (χ4n) is 4.87. The zero-order valence-corrected chi connectivity index (χ0v) is 24.2. The Balaban J connectivity index is 1.65. The second kappa shape index (κ2) is 12.0. The van der Waals surface area contributed by atoms with E-state index in [-0.39, 0.29) is 12.5 Å². The van der Waals surface area contributed by atoms with E-state index in [1.807, 2.05) is 36.4 Å². The number of alkyl carbamates (subject to hydrolysis) is 1. The van der Waals surface area contributed by atoms with Crippen LogP contribution >= 0.6 is 0 Å². The molecule has 10 nitrogen and oxygen atoms in total. The molecule has 0 radical (unpaired) electrons. The number of carboxylic acid groups (broad SMARTS) is 1. The Kier molecular flexibility index (Phi) is 8.70. The largest absolute Gasteiger partial charge is 0.497 e. The van der Waals surface area contributed by atoms with Crippen LogP contribution in [0.15, 0.2) is 54.6 Å². The van der Waals surface area contributed by atoms with Gasteiger partial charge >= 0.3 is 12.1 Å². The van der Waals surface area contributed by atoms with Crippen molar-refractivity contribution >= 4 is 28.9 Å². The highest BCUT2D eigenvalue weighted by molar-refractivity contribution is 5.91. The zero-order valence-electron chi connectivity index (χ0n) is 24.2. The Labute approximate surface area is 239 Å². The van der Waals surface area contributed by atoms with Crippen molar-refractivity contribution < 1.29 is 33.7 Å². The molecule has 2 N–H and O–H groups in total. The van der Waals surface area contributed by atoms with E-state index in [2.05, 4.69) is 5.32 Å². The number of amides is 2. The van der Waals surface area contributed by atoms with E-state index in [1.54, 1.807) is 59.9 Å². The molecule has 2 heterocycles. The average Bonchev–Trinajstić information content (AvgIpc) is 3.34. The summed E-state index contributed by atoms with van der Waals surface area (Å²) in [6.07, 6.45) is -1.28. The summed E-state index contributed by atoms with van der Waals surface area (Å²) in [4.78, 5) is 44.7. The van der Waals surface area contributed by atoms with Gasteiger partial charge in [-0.15, -0.1) is 0 Å². The molecule has 0 unspecified atom stereocenters. The molecule has 1 fully saturated rings. The number of carboxylic acids is 1. The first-order chi connectivity index (χ1) is 19.4. The number of nitrogens with zero attached hydrogens (tertiary/aromatic N) is 2. The second-order valence-corrected chi connectivity index (χ2v) is 11.4. The number of benzene rings is 2. The monoisotopic (exact) mass is 563 g/mol. The van der Waals surface area contributed by atoms with Crippen LogP contribution < -0.4 is 14.8 Å². The van der Waals surface area contributed by atoms with Crippen molar-refractivity contribution in [3.05, 3.63) is 54.6 Å². The lowest BCUT2D eigenvalue weighted by Gasteiger charge is -2.31. The molecule has 1 saturated heterocycles. The Bertz CT molecular complexity index is 1420. The molecule has 1 aromatic heterocycles. The zero-order chi connectivity index (χ0) is 29.9. The van der Waals surface area contributed by atoms with Crippen molar-refractivity contribution in [2.75, 3.05) is 13.7 Å². The van der Waals surface area contributed by atoms with Crippen LogP contribution in [0.2, 0.25) is 0 Å². The van der Waals surface area contributed by atoms with Gasteiger partial charge in [-0.1, -0.05) is 44.2 Å². The van der Waals surface area contributed by atoms with Gasteiger partial charge in [0.1, 0.15) is 29.2 Å². The van der Waals surface area contributed by atoms with Gasteiger partial charge in [-0.2, -0.15) is 0 Å². The third kappa shape index (κ3) is 6.87. The number of pyridine rings is 1. The summed E-state index contributed by atoms with van der Waals surface area (Å²) in [5.41, 5.74) is 1.40. The SMILES string of the molecule is COc1ccc2c(O[C@H]3CCN(C(=O)[C@@H](NC(=O)OC(C)(C)C)C(C)C)[C@@H]3C(=O)O)cc(-c3ccccc3)nc2c1. The van der Waals surface area contributed by atoms with Crippen molar-refractivity contribution in [1.29, 1.82) is 0 Å². The van der Waals surface area contributed by atoms with E-state index in [0.717, 1.165) is 5.56 Å². The van der Waals surface area contributed by atoms with Crippen LogP contribution in [-0.4, -0.2) is 70.4 Å². The third-order valence-electron chi connectivity index (χ3n) is 6.81. The van der Waals surface area contributed by atoms with Gasteiger partial charge in [0.05, 0.1) is 18.3 Å². The van der Waals surface area contributed by atoms with E-state index in [9.17, 15) is 19.5 Å². The smallest absolute Gasteiger partial charge is 0.408 e. The summed E-state index contributed by atoms with van der Waals surface area (Å²) in [5, 5.41) is 13.5. The quantitative estimate of drug-likeness (QED) is 0.397. The van der Waals surface area contributed by atoms with Crippen LogP contribution in [-0.2, 0) is 14.3 Å². The molecular weight excluding hydrogens is 526 g/mol. The van der Waals surface area contributed by atoms with Crippen LogP contribution in [0.1, 0.15) is 41.0 Å². The second-order valence-electron chi connectivity index (χ2n) is 11.4. The lowest BCUT2D eigenvalue weighted by atomic mass is 10.0. The minimum atomic E-state index is -1.26. The molecule has 2 amide bonds. The minimum Gasteiger partial charge on any atom is -0.497 e. The maximum Gasteiger partial charge on any atom is 0.408 e. The highest BCUT2D eigenvalue weighted by Gasteiger charge is 2.46. The van der Waals surface area contributed by atoms with Crippen molar-refractivity contribution in [2.24, 2.45) is 5.92 Å². The maximum atomic E-state index is 13.6. The first kappa shape index (κ1) is 29.6. The lowest BCUT2D eigenvalue weighted by molar-refractivity contribution is -0.151. The van der Waals surface area contributed by atoms with E-state index < -0.39 is 41.8 Å². The minimum absolute atomic E-state index is 0.155. The van der Waals surface area contributed by atoms with E-state index in [1.165, 1.54) is 4.90 Å². The molecule has 4 rings (SSSR count). The van der Waals surface area contributed by atoms with Gasteiger partial charge < -0.3 is 29.5 Å². The number of hydrogen-bond donors (Lipinski definition) is 2. The molecule has 0 saturated carbocycles. The Morgan fingerprint density at radius 1 is 1.07 bits per heavy atom. The molecule has 218 valence electrons. The molecular formula is C31H37N3O7. The first-order valence-electron chi connectivity index (χ1n) is 13.6. The fourth-order valence-corrected chi connectivity index (χ4v) is 4.87. The number of methoxy groups -OCH3 is 1. The third-order valence-corrected chi connectivity index (χ3v) is 6.81. The number of nitrogens with one attached hydrogen (secondary N) is 1. The number of fused-ring (bicyclic) bond motifs is 1. The summed E-state index contributed by atoms with van der Waals surface area (Å²) in [6, 6.07) is 14.5. The molecule has 41 heavy (non-hydrogen) atoms. The van der Waals surface area contributed by atoms with Crippen LogP contribution in [0.4, 0.5) is 4.79 Å². The summed E-state index contributed by atoms with van der Waals surface area (Å²) < 4.78 is 17.1. The molecule has 3 aromatic rings.